The smallest absolute Gasteiger partial charge is 0.344 e. The second kappa shape index (κ2) is 5.66. The molecule has 1 aromatic heterocycles. The van der Waals surface area contributed by atoms with E-state index >= 15 is 0 Å². The summed E-state index contributed by atoms with van der Waals surface area (Å²) in [5.74, 6) is 0.357. The number of hydrogen-bond donors (Lipinski definition) is 3. The van der Waals surface area contributed by atoms with Crippen molar-refractivity contribution in [3.63, 3.8) is 0 Å². The van der Waals surface area contributed by atoms with Crippen LogP contribution in [0.1, 0.15) is 12.6 Å². The van der Waals surface area contributed by atoms with Crippen LogP contribution in [0.2, 0.25) is 10.0 Å². The summed E-state index contributed by atoms with van der Waals surface area (Å²) in [4.78, 5) is 26.1. The largest absolute Gasteiger partial charge is 0.505 e. The highest BCUT2D eigenvalue weighted by molar-refractivity contribution is 6.40. The highest BCUT2D eigenvalue weighted by atomic mass is 35.5. The van der Waals surface area contributed by atoms with Gasteiger partial charge in [-0.2, -0.15) is 0 Å². The number of benzene rings is 1. The first-order valence-corrected chi connectivity index (χ1v) is 7.37. The van der Waals surface area contributed by atoms with E-state index in [4.69, 9.17) is 27.9 Å². The van der Waals surface area contributed by atoms with Crippen molar-refractivity contribution in [1.29, 1.82) is 0 Å². The van der Waals surface area contributed by atoms with Crippen LogP contribution < -0.4 is 5.32 Å². The van der Waals surface area contributed by atoms with Crippen molar-refractivity contribution < 1.29 is 19.4 Å². The van der Waals surface area contributed by atoms with Gasteiger partial charge in [0, 0.05) is 10.4 Å². The Morgan fingerprint density at radius 1 is 1.39 bits per heavy atom. The average Bonchev–Trinajstić information content (AvgIpc) is 2.85. The minimum absolute atomic E-state index is 0.0999. The minimum atomic E-state index is -0.829. The molecule has 23 heavy (non-hydrogen) atoms. The molecule has 0 saturated carbocycles. The highest BCUT2D eigenvalue weighted by Gasteiger charge is 2.32. The molecule has 6 nitrogen and oxygen atoms in total. The molecule has 1 aliphatic heterocycles. The van der Waals surface area contributed by atoms with Gasteiger partial charge in [0.25, 0.3) is 0 Å². The molecule has 0 radical (unpaired) electrons. The molecule has 0 spiro atoms. The number of anilines is 1. The van der Waals surface area contributed by atoms with E-state index in [1.165, 1.54) is 6.07 Å². The Morgan fingerprint density at radius 2 is 2.13 bits per heavy atom. The number of carbonyl (C=O) groups excluding carboxylic acids is 2. The summed E-state index contributed by atoms with van der Waals surface area (Å²) < 4.78 is 4.86. The van der Waals surface area contributed by atoms with Gasteiger partial charge in [0.2, 0.25) is 0 Å². The van der Waals surface area contributed by atoms with Crippen LogP contribution in [0, 0.1) is 0 Å². The van der Waals surface area contributed by atoms with Crippen molar-refractivity contribution in [3.05, 3.63) is 39.1 Å². The van der Waals surface area contributed by atoms with E-state index in [9.17, 15) is 14.7 Å². The minimum Gasteiger partial charge on any atom is -0.505 e. The van der Waals surface area contributed by atoms with Crippen molar-refractivity contribution in [3.8, 4) is 0 Å². The second-order valence-electron chi connectivity index (χ2n) is 4.73. The Labute approximate surface area is 140 Å². The molecule has 3 rings (SSSR count). The number of ether oxygens (including phenoxy) is 1. The third kappa shape index (κ3) is 2.37. The number of nitrogens with one attached hydrogen (secondary N) is 2. The Balaban J connectivity index is 2.31. The van der Waals surface area contributed by atoms with Crippen LogP contribution >= 0.6 is 23.2 Å². The molecule has 0 amide bonds. The number of aliphatic hydroxyl groups excluding tert-OH is 1. The maximum atomic E-state index is 12.0. The van der Waals surface area contributed by atoms with Gasteiger partial charge in [0.15, 0.2) is 11.7 Å². The molecule has 2 aromatic rings. The molecule has 0 unspecified atom stereocenters. The summed E-state index contributed by atoms with van der Waals surface area (Å²) in [6.45, 7) is 1.72. The predicted molar refractivity (Wildman–Crippen MR) is 87.3 cm³/mol. The third-order valence-electron chi connectivity index (χ3n) is 3.37. The van der Waals surface area contributed by atoms with E-state index < -0.39 is 11.7 Å². The third-order valence-corrected chi connectivity index (χ3v) is 3.89. The Hall–Kier alpha value is -2.40. The van der Waals surface area contributed by atoms with Crippen molar-refractivity contribution in [2.75, 3.05) is 11.9 Å². The number of aromatic nitrogens is 1. The van der Waals surface area contributed by atoms with E-state index in [2.05, 4.69) is 10.3 Å². The number of aliphatic hydroxyl groups is 1. The first-order valence-electron chi connectivity index (χ1n) is 6.61. The molecule has 0 atom stereocenters. The van der Waals surface area contributed by atoms with Gasteiger partial charge in [-0.1, -0.05) is 23.2 Å². The first-order chi connectivity index (χ1) is 11.0. The molecule has 2 heterocycles. The maximum Gasteiger partial charge on any atom is 0.344 e. The fourth-order valence-corrected chi connectivity index (χ4v) is 3.05. The average molecular weight is 353 g/mol. The van der Waals surface area contributed by atoms with Gasteiger partial charge in [-0.05, 0) is 19.1 Å². The van der Waals surface area contributed by atoms with E-state index in [-0.39, 0.29) is 23.6 Å². The second-order valence-corrected chi connectivity index (χ2v) is 5.57. The van der Waals surface area contributed by atoms with Crippen LogP contribution in [0.5, 0.6) is 0 Å². The van der Waals surface area contributed by atoms with Crippen molar-refractivity contribution in [2.24, 2.45) is 0 Å². The lowest BCUT2D eigenvalue weighted by Gasteiger charge is -2.18. The van der Waals surface area contributed by atoms with Gasteiger partial charge in [0.1, 0.15) is 17.0 Å². The summed E-state index contributed by atoms with van der Waals surface area (Å²) in [7, 11) is 0. The molecule has 1 aromatic carbocycles. The molecule has 0 aliphatic carbocycles. The van der Waals surface area contributed by atoms with Crippen LogP contribution in [0.4, 0.5) is 5.69 Å². The lowest BCUT2D eigenvalue weighted by atomic mass is 10.0. The summed E-state index contributed by atoms with van der Waals surface area (Å²) in [6.07, 6.45) is 0. The van der Waals surface area contributed by atoms with Crippen LogP contribution in [0.3, 0.4) is 0 Å². The van der Waals surface area contributed by atoms with E-state index in [0.29, 0.717) is 26.6 Å². The highest BCUT2D eigenvalue weighted by Crippen LogP contribution is 2.42. The van der Waals surface area contributed by atoms with E-state index in [0.717, 1.165) is 0 Å². The van der Waals surface area contributed by atoms with Gasteiger partial charge in [-0.3, -0.25) is 0 Å². The normalized spacial score (nSPS) is 13.6. The summed E-state index contributed by atoms with van der Waals surface area (Å²) in [6, 6.07) is 3.15. The quantitative estimate of drug-likeness (QED) is 0.568. The van der Waals surface area contributed by atoms with Gasteiger partial charge >= 0.3 is 5.97 Å². The molecule has 118 valence electrons. The lowest BCUT2D eigenvalue weighted by molar-refractivity contribution is -0.138. The molecule has 0 bridgehead atoms. The molecule has 1 aliphatic rings. The van der Waals surface area contributed by atoms with Crippen molar-refractivity contribution >= 4 is 57.5 Å². The Morgan fingerprint density at radius 3 is 2.78 bits per heavy atom. The summed E-state index contributed by atoms with van der Waals surface area (Å²) in [5, 5.41) is 14.4. The fraction of sp³-hybridized carbons (Fsp3) is 0.133. The zero-order valence-corrected chi connectivity index (χ0v) is 13.3. The Bertz CT molecular complexity index is 923. The number of rotatable bonds is 2. The van der Waals surface area contributed by atoms with Crippen LogP contribution in [0.15, 0.2) is 23.4 Å². The molecule has 0 fully saturated rings. The predicted octanol–water partition coefficient (Wildman–Crippen LogP) is 3.45. The van der Waals surface area contributed by atoms with Gasteiger partial charge in [0.05, 0.1) is 22.8 Å². The number of aromatic amines is 1. The number of hydrogen-bond acceptors (Lipinski definition) is 5. The molecule has 3 N–H and O–H groups in total. The van der Waals surface area contributed by atoms with E-state index in [1.807, 2.05) is 0 Å². The maximum absolute atomic E-state index is 12.0. The first kappa shape index (κ1) is 15.5. The molecular formula is C15H10Cl2N2O4. The summed E-state index contributed by atoms with van der Waals surface area (Å²) in [5.41, 5.74) is 0.613. The number of carbonyl (C=O) groups is 1. The number of H-pyrrole nitrogens is 1. The van der Waals surface area contributed by atoms with E-state index in [1.54, 1.807) is 18.9 Å². The fourth-order valence-electron chi connectivity index (χ4n) is 2.46. The van der Waals surface area contributed by atoms with Gasteiger partial charge < -0.3 is 20.1 Å². The molecule has 0 saturated heterocycles. The number of esters is 1. The van der Waals surface area contributed by atoms with Gasteiger partial charge in [-0.25, -0.2) is 9.59 Å². The number of fused-ring (bicyclic) bond motifs is 3. The van der Waals surface area contributed by atoms with Crippen LogP contribution in [-0.4, -0.2) is 28.6 Å². The topological polar surface area (TPSA) is 91.4 Å². The van der Waals surface area contributed by atoms with Crippen molar-refractivity contribution in [1.82, 2.24) is 4.98 Å². The Kier molecular flexibility index (Phi) is 3.82. The molecule has 8 heteroatoms. The monoisotopic (exact) mass is 352 g/mol. The standard InChI is InChI=1S/C15H10Cl2N2O4/c1-2-23-15(22)11-9(5-20)19-12-10-7(17)3-6(16)4-8(10)18-13(12)14(11)21/h3-4,18-19,21H,2H2,1H3. The number of halogens is 2. The zero-order chi connectivity index (χ0) is 16.7. The zero-order valence-electron chi connectivity index (χ0n) is 11.8. The summed E-state index contributed by atoms with van der Waals surface area (Å²) >= 11 is 12.1. The van der Waals surface area contributed by atoms with Crippen molar-refractivity contribution in [2.45, 2.75) is 6.92 Å². The van der Waals surface area contributed by atoms with Crippen LogP contribution in [0.25, 0.3) is 16.7 Å². The van der Waals surface area contributed by atoms with Crippen LogP contribution in [-0.2, 0) is 14.3 Å². The van der Waals surface area contributed by atoms with Gasteiger partial charge in [-0.15, -0.1) is 0 Å². The molecular weight excluding hydrogens is 343 g/mol. The SMILES string of the molecule is CCOC(=O)C1=C(O)c2[nH]c3cc(Cl)cc(Cl)c3c2NC1=C=O. The lowest BCUT2D eigenvalue weighted by Crippen LogP contribution is -2.20.